The van der Waals surface area contributed by atoms with Crippen molar-refractivity contribution in [2.75, 3.05) is 23.7 Å². The first-order valence-corrected chi connectivity index (χ1v) is 8.43. The molecule has 0 bridgehead atoms. The summed E-state index contributed by atoms with van der Waals surface area (Å²) in [5.41, 5.74) is 0.908. The van der Waals surface area contributed by atoms with Gasteiger partial charge in [-0.1, -0.05) is 11.6 Å². The fourth-order valence-electron chi connectivity index (χ4n) is 2.25. The molecule has 0 radical (unpaired) electrons. The zero-order valence-corrected chi connectivity index (χ0v) is 13.5. The van der Waals surface area contributed by atoms with Gasteiger partial charge >= 0.3 is 0 Å². The summed E-state index contributed by atoms with van der Waals surface area (Å²) in [6.07, 6.45) is 1.75. The highest BCUT2D eigenvalue weighted by atomic mass is 35.5. The van der Waals surface area contributed by atoms with Gasteiger partial charge in [0.2, 0.25) is 11.8 Å². The Kier molecular flexibility index (Phi) is 5.94. The lowest BCUT2D eigenvalue weighted by Crippen LogP contribution is -2.28. The van der Waals surface area contributed by atoms with Crippen LogP contribution in [0.4, 0.5) is 5.69 Å². The Bertz CT molecular complexity index is 507. The number of hydrogen-bond acceptors (Lipinski definition) is 3. The molecule has 1 fully saturated rings. The number of benzene rings is 1. The Morgan fingerprint density at radius 3 is 2.81 bits per heavy atom. The van der Waals surface area contributed by atoms with Crippen molar-refractivity contribution in [1.29, 1.82) is 0 Å². The number of thioether (sulfide) groups is 1. The predicted octanol–water partition coefficient (Wildman–Crippen LogP) is 2.70. The van der Waals surface area contributed by atoms with Crippen molar-refractivity contribution in [2.45, 2.75) is 25.0 Å². The zero-order valence-electron chi connectivity index (χ0n) is 12.0. The summed E-state index contributed by atoms with van der Waals surface area (Å²) >= 11 is 7.54. The van der Waals surface area contributed by atoms with E-state index in [0.717, 1.165) is 30.8 Å². The minimum absolute atomic E-state index is 0.00847. The van der Waals surface area contributed by atoms with Crippen LogP contribution >= 0.6 is 23.4 Å². The molecule has 0 unspecified atom stereocenters. The lowest BCUT2D eigenvalue weighted by molar-refractivity contribution is -0.119. The lowest BCUT2D eigenvalue weighted by Gasteiger charge is -2.16. The van der Waals surface area contributed by atoms with Gasteiger partial charge in [-0.05, 0) is 42.9 Å². The third kappa shape index (κ3) is 4.64. The third-order valence-corrected chi connectivity index (χ3v) is 4.92. The number of carbonyl (C=O) groups is 2. The van der Waals surface area contributed by atoms with E-state index in [1.807, 2.05) is 17.0 Å². The predicted molar refractivity (Wildman–Crippen MR) is 88.0 cm³/mol. The van der Waals surface area contributed by atoms with Gasteiger partial charge in [-0.3, -0.25) is 9.59 Å². The summed E-state index contributed by atoms with van der Waals surface area (Å²) < 4.78 is 0. The normalized spacial score (nSPS) is 18.1. The molecule has 1 aliphatic rings. The maximum absolute atomic E-state index is 12.4. The van der Waals surface area contributed by atoms with Crippen LogP contribution in [-0.2, 0) is 9.59 Å². The van der Waals surface area contributed by atoms with Gasteiger partial charge in [-0.2, -0.15) is 0 Å². The molecule has 2 rings (SSSR count). The van der Waals surface area contributed by atoms with Gasteiger partial charge < -0.3 is 10.2 Å². The van der Waals surface area contributed by atoms with Crippen molar-refractivity contribution in [2.24, 2.45) is 0 Å². The van der Waals surface area contributed by atoms with Crippen LogP contribution in [0.1, 0.15) is 19.8 Å². The summed E-state index contributed by atoms with van der Waals surface area (Å²) in [5.74, 6) is 1.04. The van der Waals surface area contributed by atoms with E-state index in [9.17, 15) is 9.59 Å². The molecule has 0 saturated carbocycles. The fraction of sp³-hybridized carbons (Fsp3) is 0.467. The minimum Gasteiger partial charge on any atom is -0.356 e. The Morgan fingerprint density at radius 1 is 1.43 bits per heavy atom. The van der Waals surface area contributed by atoms with Gasteiger partial charge in [0.05, 0.1) is 5.25 Å². The van der Waals surface area contributed by atoms with Crippen LogP contribution in [-0.4, -0.2) is 35.9 Å². The van der Waals surface area contributed by atoms with E-state index in [1.54, 1.807) is 23.9 Å². The third-order valence-electron chi connectivity index (χ3n) is 3.31. The molecule has 114 valence electrons. The highest BCUT2D eigenvalue weighted by molar-refractivity contribution is 8.00. The molecule has 1 atom stereocenters. The number of nitrogens with one attached hydrogen (secondary N) is 1. The first kappa shape index (κ1) is 16.2. The van der Waals surface area contributed by atoms with Gasteiger partial charge in [0.1, 0.15) is 0 Å². The molecule has 21 heavy (non-hydrogen) atoms. The SMILES string of the molecule is CC(=O)NCCCS[C@@H]1CCN(c2ccc(Cl)cc2)C1=O. The Hall–Kier alpha value is -1.20. The molecular formula is C15H19ClN2O2S. The lowest BCUT2D eigenvalue weighted by atomic mass is 10.3. The van der Waals surface area contributed by atoms with E-state index in [2.05, 4.69) is 5.32 Å². The van der Waals surface area contributed by atoms with E-state index in [0.29, 0.717) is 11.6 Å². The van der Waals surface area contributed by atoms with E-state index in [4.69, 9.17) is 11.6 Å². The molecule has 2 amide bonds. The largest absolute Gasteiger partial charge is 0.356 e. The second-order valence-corrected chi connectivity index (χ2v) is 6.70. The summed E-state index contributed by atoms with van der Waals surface area (Å²) in [4.78, 5) is 24.9. The topological polar surface area (TPSA) is 49.4 Å². The fourth-order valence-corrected chi connectivity index (χ4v) is 3.51. The van der Waals surface area contributed by atoms with Gasteiger partial charge in [0, 0.05) is 30.7 Å². The number of carbonyl (C=O) groups excluding carboxylic acids is 2. The average molecular weight is 327 g/mol. The highest BCUT2D eigenvalue weighted by Gasteiger charge is 2.32. The van der Waals surface area contributed by atoms with Crippen LogP contribution in [0.3, 0.4) is 0 Å². The van der Waals surface area contributed by atoms with Crippen molar-refractivity contribution in [3.05, 3.63) is 29.3 Å². The van der Waals surface area contributed by atoms with E-state index < -0.39 is 0 Å². The Balaban J connectivity index is 1.79. The maximum atomic E-state index is 12.4. The standard InChI is InChI=1S/C15H19ClN2O2S/c1-11(19)17-8-2-10-21-14-7-9-18(15(14)20)13-5-3-12(16)4-6-13/h3-6,14H,2,7-10H2,1H3,(H,17,19)/t14-/m1/s1. The molecule has 0 spiro atoms. The van der Waals surface area contributed by atoms with Gasteiger partial charge in [0.15, 0.2) is 0 Å². The molecular weight excluding hydrogens is 308 g/mol. The van der Waals surface area contributed by atoms with Crippen LogP contribution in [0.5, 0.6) is 0 Å². The summed E-state index contributed by atoms with van der Waals surface area (Å²) in [7, 11) is 0. The molecule has 6 heteroatoms. The molecule has 0 aliphatic carbocycles. The van der Waals surface area contributed by atoms with E-state index >= 15 is 0 Å². The van der Waals surface area contributed by atoms with Gasteiger partial charge in [-0.15, -0.1) is 11.8 Å². The molecule has 4 nitrogen and oxygen atoms in total. The van der Waals surface area contributed by atoms with Crippen molar-refractivity contribution in [1.82, 2.24) is 5.32 Å². The molecule has 0 aromatic heterocycles. The average Bonchev–Trinajstić information content (AvgIpc) is 2.81. The number of rotatable bonds is 6. The van der Waals surface area contributed by atoms with Crippen LogP contribution in [0, 0.1) is 0 Å². The second-order valence-electron chi connectivity index (χ2n) is 4.95. The quantitative estimate of drug-likeness (QED) is 0.818. The van der Waals surface area contributed by atoms with Crippen LogP contribution in [0.15, 0.2) is 24.3 Å². The van der Waals surface area contributed by atoms with Gasteiger partial charge in [0.25, 0.3) is 0 Å². The summed E-state index contributed by atoms with van der Waals surface area (Å²) in [5, 5.41) is 3.46. The molecule has 1 aromatic rings. The molecule has 1 heterocycles. The van der Waals surface area contributed by atoms with Crippen molar-refractivity contribution in [3.8, 4) is 0 Å². The first-order valence-electron chi connectivity index (χ1n) is 7.01. The number of anilines is 1. The Morgan fingerprint density at radius 2 is 2.14 bits per heavy atom. The number of halogens is 1. The summed E-state index contributed by atoms with van der Waals surface area (Å²) in [6, 6.07) is 7.37. The second kappa shape index (κ2) is 7.71. The smallest absolute Gasteiger partial charge is 0.240 e. The van der Waals surface area contributed by atoms with Crippen LogP contribution in [0.2, 0.25) is 5.02 Å². The van der Waals surface area contributed by atoms with Gasteiger partial charge in [-0.25, -0.2) is 0 Å². The number of amides is 2. The minimum atomic E-state index is -0.00847. The maximum Gasteiger partial charge on any atom is 0.240 e. The Labute approximate surface area is 134 Å². The van der Waals surface area contributed by atoms with E-state index in [-0.39, 0.29) is 17.1 Å². The van der Waals surface area contributed by atoms with Crippen LogP contribution < -0.4 is 10.2 Å². The molecule has 1 aromatic carbocycles. The molecule has 1 aliphatic heterocycles. The van der Waals surface area contributed by atoms with Crippen molar-refractivity contribution < 1.29 is 9.59 Å². The number of hydrogen-bond donors (Lipinski definition) is 1. The van der Waals surface area contributed by atoms with E-state index in [1.165, 1.54) is 6.92 Å². The van der Waals surface area contributed by atoms with Crippen molar-refractivity contribution >= 4 is 40.9 Å². The first-order chi connectivity index (χ1) is 10.1. The molecule has 1 N–H and O–H groups in total. The molecule has 1 saturated heterocycles. The van der Waals surface area contributed by atoms with Crippen LogP contribution in [0.25, 0.3) is 0 Å². The monoisotopic (exact) mass is 326 g/mol. The van der Waals surface area contributed by atoms with Crippen molar-refractivity contribution in [3.63, 3.8) is 0 Å². The number of nitrogens with zero attached hydrogens (tertiary/aromatic N) is 1. The zero-order chi connectivity index (χ0) is 15.2. The highest BCUT2D eigenvalue weighted by Crippen LogP contribution is 2.29. The summed E-state index contributed by atoms with van der Waals surface area (Å²) in [6.45, 7) is 2.94.